The number of carbonyl (C=O) groups is 4. The minimum atomic E-state index is -1.11. The second-order valence-electron chi connectivity index (χ2n) is 9.79. The van der Waals surface area contributed by atoms with Gasteiger partial charge in [-0.2, -0.15) is 0 Å². The number of cyclic esters (lactones) is 2. The van der Waals surface area contributed by atoms with E-state index < -0.39 is 22.9 Å². The monoisotopic (exact) mass is 482 g/mol. The van der Waals surface area contributed by atoms with E-state index in [0.717, 1.165) is 64.2 Å². The van der Waals surface area contributed by atoms with E-state index in [4.69, 9.17) is 9.47 Å². The molecule has 0 aromatic carbocycles. The van der Waals surface area contributed by atoms with Gasteiger partial charge in [-0.25, -0.2) is 0 Å². The quantitative estimate of drug-likeness (QED) is 0.250. The summed E-state index contributed by atoms with van der Waals surface area (Å²) in [6.45, 7) is 9.54. The predicted molar refractivity (Wildman–Crippen MR) is 135 cm³/mol. The topological polar surface area (TPSA) is 86.7 Å². The highest BCUT2D eigenvalue weighted by atomic mass is 16.5. The molecule has 1 saturated heterocycles. The van der Waals surface area contributed by atoms with E-state index in [1.807, 2.05) is 13.8 Å². The third-order valence-corrected chi connectivity index (χ3v) is 6.15. The van der Waals surface area contributed by atoms with Crippen LogP contribution < -0.4 is 0 Å². The van der Waals surface area contributed by atoms with Crippen molar-refractivity contribution in [3.63, 3.8) is 0 Å². The van der Waals surface area contributed by atoms with E-state index in [1.165, 1.54) is 12.8 Å². The smallest absolute Gasteiger partial charge is 0.309 e. The summed E-state index contributed by atoms with van der Waals surface area (Å²) >= 11 is 0. The van der Waals surface area contributed by atoms with Gasteiger partial charge in [0.05, 0.1) is 17.9 Å². The molecule has 34 heavy (non-hydrogen) atoms. The van der Waals surface area contributed by atoms with Crippen molar-refractivity contribution in [1.29, 1.82) is 0 Å². The molecule has 0 aromatic rings. The Morgan fingerprint density at radius 2 is 1.35 bits per heavy atom. The molecule has 0 spiro atoms. The van der Waals surface area contributed by atoms with E-state index in [-0.39, 0.29) is 25.0 Å². The van der Waals surface area contributed by atoms with E-state index in [9.17, 15) is 19.2 Å². The molecule has 0 amide bonds. The lowest BCUT2D eigenvalue weighted by molar-refractivity contribution is -0.154. The van der Waals surface area contributed by atoms with Gasteiger partial charge < -0.3 is 9.47 Å². The molecular weight excluding hydrogens is 432 g/mol. The Hall–Kier alpha value is -1.72. The molecule has 0 bridgehead atoms. The molecule has 6 nitrogen and oxygen atoms in total. The Morgan fingerprint density at radius 3 is 1.94 bits per heavy atom. The number of ether oxygens (including phenoxy) is 2. The molecule has 0 N–H and O–H groups in total. The number of ketones is 2. The highest BCUT2D eigenvalue weighted by Gasteiger charge is 2.36. The van der Waals surface area contributed by atoms with Crippen LogP contribution in [0.15, 0.2) is 0 Å². The molecular formula is C28H50O6. The lowest BCUT2D eigenvalue weighted by Gasteiger charge is -2.23. The summed E-state index contributed by atoms with van der Waals surface area (Å²) in [5.41, 5.74) is -1.11. The average Bonchev–Trinajstić information content (AvgIpc) is 2.82. The van der Waals surface area contributed by atoms with E-state index in [1.54, 1.807) is 13.8 Å². The summed E-state index contributed by atoms with van der Waals surface area (Å²) in [5, 5.41) is 0. The summed E-state index contributed by atoms with van der Waals surface area (Å²) in [6.07, 6.45) is 12.9. The molecule has 0 aliphatic carbocycles. The molecule has 1 aliphatic rings. The minimum Gasteiger partial charge on any atom is -0.465 e. The number of Topliss-reactive ketones (excluding diaryl/α,β-unsaturated/α-hetero) is 2. The number of unbranched alkanes of at least 4 members (excludes halogenated alkanes) is 2. The van der Waals surface area contributed by atoms with Gasteiger partial charge in [0, 0.05) is 12.8 Å². The van der Waals surface area contributed by atoms with Crippen LogP contribution in [0.5, 0.6) is 0 Å². The van der Waals surface area contributed by atoms with Crippen LogP contribution in [-0.2, 0) is 28.7 Å². The van der Waals surface area contributed by atoms with Crippen LogP contribution in [0.2, 0.25) is 0 Å². The van der Waals surface area contributed by atoms with Gasteiger partial charge in [0.15, 0.2) is 5.78 Å². The van der Waals surface area contributed by atoms with Crippen LogP contribution in [0.4, 0.5) is 0 Å². The number of hydrogen-bond donors (Lipinski definition) is 0. The second-order valence-corrected chi connectivity index (χ2v) is 9.79. The molecule has 1 heterocycles. The summed E-state index contributed by atoms with van der Waals surface area (Å²) in [4.78, 5) is 50.2. The van der Waals surface area contributed by atoms with Gasteiger partial charge in [-0.1, -0.05) is 85.0 Å². The van der Waals surface area contributed by atoms with Gasteiger partial charge in [0.1, 0.15) is 6.61 Å². The molecule has 0 radical (unpaired) electrons. The van der Waals surface area contributed by atoms with Crippen molar-refractivity contribution in [3.05, 3.63) is 0 Å². The Balaban J connectivity index is 0.00000529. The van der Waals surface area contributed by atoms with Gasteiger partial charge in [-0.05, 0) is 33.1 Å². The Bertz CT molecular complexity index is 596. The summed E-state index contributed by atoms with van der Waals surface area (Å²) in [5.74, 6) is -2.48. The predicted octanol–water partition coefficient (Wildman–Crippen LogP) is 6.76. The number of hydrogen-bond acceptors (Lipinski definition) is 6. The van der Waals surface area contributed by atoms with Crippen molar-refractivity contribution in [2.45, 2.75) is 131 Å². The number of carbonyl (C=O) groups excluding carboxylic acids is 4. The molecule has 6 heteroatoms. The van der Waals surface area contributed by atoms with E-state index in [0.29, 0.717) is 19.4 Å². The first-order chi connectivity index (χ1) is 16.3. The van der Waals surface area contributed by atoms with Crippen LogP contribution in [0.3, 0.4) is 0 Å². The first-order valence-electron chi connectivity index (χ1n) is 13.7. The van der Waals surface area contributed by atoms with Crippen LogP contribution in [0, 0.1) is 11.3 Å². The van der Waals surface area contributed by atoms with Gasteiger partial charge in [0.2, 0.25) is 5.78 Å². The van der Waals surface area contributed by atoms with Crippen molar-refractivity contribution >= 4 is 23.5 Å². The summed E-state index contributed by atoms with van der Waals surface area (Å²) in [7, 11) is 0. The summed E-state index contributed by atoms with van der Waals surface area (Å²) < 4.78 is 10.8. The number of esters is 2. The van der Waals surface area contributed by atoms with Gasteiger partial charge in [-0.3, -0.25) is 19.2 Å². The molecule has 198 valence electrons. The highest BCUT2D eigenvalue weighted by molar-refractivity contribution is 6.39. The zero-order chi connectivity index (χ0) is 25.8. The Labute approximate surface area is 207 Å². The third kappa shape index (κ3) is 14.5. The number of rotatable bonds is 4. The van der Waals surface area contributed by atoms with Gasteiger partial charge in [-0.15, -0.1) is 0 Å². The molecule has 0 aromatic heterocycles. The van der Waals surface area contributed by atoms with Crippen molar-refractivity contribution < 1.29 is 28.7 Å². The maximum Gasteiger partial charge on any atom is 0.309 e. The van der Waals surface area contributed by atoms with Crippen molar-refractivity contribution in [3.8, 4) is 0 Å². The zero-order valence-electron chi connectivity index (χ0n) is 22.5. The fraction of sp³-hybridized carbons (Fsp3) is 0.857. The van der Waals surface area contributed by atoms with Gasteiger partial charge >= 0.3 is 11.9 Å². The molecule has 0 unspecified atom stereocenters. The Morgan fingerprint density at radius 1 is 0.794 bits per heavy atom. The fourth-order valence-electron chi connectivity index (χ4n) is 3.94. The van der Waals surface area contributed by atoms with Crippen LogP contribution >= 0.6 is 0 Å². The fourth-order valence-corrected chi connectivity index (χ4v) is 3.94. The molecule has 1 atom stereocenters. The normalized spacial score (nSPS) is 22.4. The first kappa shape index (κ1) is 32.3. The molecule has 1 fully saturated rings. The Kier molecular flexibility index (Phi) is 18.6. The van der Waals surface area contributed by atoms with Crippen molar-refractivity contribution in [1.82, 2.24) is 0 Å². The lowest BCUT2D eigenvalue weighted by Crippen LogP contribution is -2.37. The van der Waals surface area contributed by atoms with Crippen molar-refractivity contribution in [2.75, 3.05) is 13.2 Å². The minimum absolute atomic E-state index is 0.124. The molecule has 1 aliphatic heterocycles. The zero-order valence-corrected chi connectivity index (χ0v) is 22.5. The third-order valence-electron chi connectivity index (χ3n) is 6.15. The molecule has 1 rings (SSSR count). The van der Waals surface area contributed by atoms with Crippen LogP contribution in [0.25, 0.3) is 0 Å². The van der Waals surface area contributed by atoms with E-state index >= 15 is 0 Å². The standard InChI is InChI=1S/C26H44O6.C2H6/c1-4-5-13-16-21-19-22(27)24(29)26(2,3)20-32-23(28)17-14-11-9-7-6-8-10-12-15-18-31-25(21)30;1-2/h21H,4-20H2,1-3H3;1-2H3/t21-;/m1./s1. The maximum absolute atomic E-state index is 12.8. The SMILES string of the molecule is CC.CCCCC[C@@H]1CC(=O)C(=O)C(C)(C)COC(=O)CCCCCCCCCCCOC1=O. The first-order valence-corrected chi connectivity index (χ1v) is 13.7. The second kappa shape index (κ2) is 19.6. The van der Waals surface area contributed by atoms with Crippen LogP contribution in [-0.4, -0.2) is 36.7 Å². The summed E-state index contributed by atoms with van der Waals surface area (Å²) in [6, 6.07) is 0. The van der Waals surface area contributed by atoms with Gasteiger partial charge in [0.25, 0.3) is 0 Å². The average molecular weight is 483 g/mol. The maximum atomic E-state index is 12.8. The highest BCUT2D eigenvalue weighted by Crippen LogP contribution is 2.23. The largest absolute Gasteiger partial charge is 0.465 e. The van der Waals surface area contributed by atoms with E-state index in [2.05, 4.69) is 6.92 Å². The molecule has 0 saturated carbocycles. The lowest BCUT2D eigenvalue weighted by atomic mass is 9.83. The van der Waals surface area contributed by atoms with Crippen molar-refractivity contribution in [2.24, 2.45) is 11.3 Å². The van der Waals surface area contributed by atoms with Crippen LogP contribution in [0.1, 0.15) is 131 Å².